The van der Waals surface area contributed by atoms with E-state index in [1.54, 1.807) is 12.1 Å². The number of hydrogen-bond donors (Lipinski definition) is 0. The number of piperidine rings is 1. The largest absolute Gasteiger partial charge is 0.494 e. The van der Waals surface area contributed by atoms with Crippen LogP contribution < -0.4 is 4.74 Å². The number of methoxy groups -OCH3 is 1. The lowest BCUT2D eigenvalue weighted by atomic mass is 10.1. The highest BCUT2D eigenvalue weighted by molar-refractivity contribution is 5.97. The molecule has 102 valence electrons. The number of halogens is 1. The maximum absolute atomic E-state index is 13.5. The molecule has 0 atom stereocenters. The van der Waals surface area contributed by atoms with E-state index >= 15 is 0 Å². The smallest absolute Gasteiger partial charge is 0.229 e. The Bertz CT molecular complexity index is 485. The SMILES string of the molecule is COc1ccc(CCN2C(=O)CCCC2=O)cc1F. The zero-order valence-corrected chi connectivity index (χ0v) is 10.8. The highest BCUT2D eigenvalue weighted by atomic mass is 19.1. The number of amides is 2. The first kappa shape index (κ1) is 13.5. The van der Waals surface area contributed by atoms with Crippen LogP contribution in [0.25, 0.3) is 0 Å². The Kier molecular flexibility index (Phi) is 4.14. The number of nitrogens with zero attached hydrogens (tertiary/aromatic N) is 1. The van der Waals surface area contributed by atoms with Crippen LogP contribution in [0.15, 0.2) is 18.2 Å². The lowest BCUT2D eigenvalue weighted by Gasteiger charge is -2.24. The van der Waals surface area contributed by atoms with Crippen LogP contribution >= 0.6 is 0 Å². The summed E-state index contributed by atoms with van der Waals surface area (Å²) in [5.41, 5.74) is 0.740. The lowest BCUT2D eigenvalue weighted by molar-refractivity contribution is -0.147. The topological polar surface area (TPSA) is 46.6 Å². The molecule has 0 saturated carbocycles. The third kappa shape index (κ3) is 3.10. The summed E-state index contributed by atoms with van der Waals surface area (Å²) < 4.78 is 18.3. The van der Waals surface area contributed by atoms with E-state index in [2.05, 4.69) is 0 Å². The number of likely N-dealkylation sites (tertiary alicyclic amines) is 1. The molecule has 2 rings (SSSR count). The van der Waals surface area contributed by atoms with Gasteiger partial charge in [0.25, 0.3) is 0 Å². The van der Waals surface area contributed by atoms with E-state index in [1.165, 1.54) is 18.1 Å². The molecule has 1 aliphatic heterocycles. The van der Waals surface area contributed by atoms with Gasteiger partial charge in [0.1, 0.15) is 0 Å². The number of imide groups is 1. The molecule has 1 aromatic rings. The quantitative estimate of drug-likeness (QED) is 0.781. The minimum absolute atomic E-state index is 0.134. The molecular formula is C14H16FNO3. The predicted octanol–water partition coefficient (Wildman–Crippen LogP) is 1.92. The van der Waals surface area contributed by atoms with Crippen LogP contribution in [-0.2, 0) is 16.0 Å². The van der Waals surface area contributed by atoms with Gasteiger partial charge in [0.05, 0.1) is 7.11 Å². The fraction of sp³-hybridized carbons (Fsp3) is 0.429. The van der Waals surface area contributed by atoms with Gasteiger partial charge >= 0.3 is 0 Å². The Hall–Kier alpha value is -1.91. The van der Waals surface area contributed by atoms with Crippen LogP contribution in [0.1, 0.15) is 24.8 Å². The average Bonchev–Trinajstić information content (AvgIpc) is 2.38. The van der Waals surface area contributed by atoms with Crippen LogP contribution in [-0.4, -0.2) is 30.4 Å². The molecule has 2 amide bonds. The summed E-state index contributed by atoms with van der Waals surface area (Å²) in [6.07, 6.45) is 1.93. The van der Waals surface area contributed by atoms with Crippen LogP contribution in [0.4, 0.5) is 4.39 Å². The summed E-state index contributed by atoms with van der Waals surface area (Å²) in [7, 11) is 1.41. The molecule has 0 aromatic heterocycles. The summed E-state index contributed by atoms with van der Waals surface area (Å²) in [6.45, 7) is 0.309. The monoisotopic (exact) mass is 265 g/mol. The van der Waals surface area contributed by atoms with Gasteiger partial charge in [-0.05, 0) is 30.5 Å². The zero-order chi connectivity index (χ0) is 13.8. The molecule has 0 aliphatic carbocycles. The molecule has 0 bridgehead atoms. The summed E-state index contributed by atoms with van der Waals surface area (Å²) in [5.74, 6) is -0.513. The van der Waals surface area contributed by atoms with Crippen LogP contribution in [0, 0.1) is 5.82 Å². The highest BCUT2D eigenvalue weighted by Crippen LogP contribution is 2.19. The first-order valence-electron chi connectivity index (χ1n) is 6.27. The van der Waals surface area contributed by atoms with E-state index in [9.17, 15) is 14.0 Å². The second kappa shape index (κ2) is 5.82. The van der Waals surface area contributed by atoms with Crippen LogP contribution in [0.3, 0.4) is 0 Å². The molecule has 1 saturated heterocycles. The Morgan fingerprint density at radius 3 is 2.53 bits per heavy atom. The lowest BCUT2D eigenvalue weighted by Crippen LogP contribution is -2.41. The summed E-state index contributed by atoms with van der Waals surface area (Å²) >= 11 is 0. The Labute approximate surface area is 111 Å². The Morgan fingerprint density at radius 2 is 1.95 bits per heavy atom. The molecule has 1 heterocycles. The first-order valence-corrected chi connectivity index (χ1v) is 6.27. The second-order valence-electron chi connectivity index (χ2n) is 4.51. The summed E-state index contributed by atoms with van der Waals surface area (Å²) in [4.78, 5) is 24.5. The third-order valence-electron chi connectivity index (χ3n) is 3.22. The van der Waals surface area contributed by atoms with Crippen molar-refractivity contribution in [3.8, 4) is 5.75 Å². The minimum Gasteiger partial charge on any atom is -0.494 e. The molecule has 5 heteroatoms. The standard InChI is InChI=1S/C14H16FNO3/c1-19-12-6-5-10(9-11(12)15)7-8-16-13(17)3-2-4-14(16)18/h5-6,9H,2-4,7-8H2,1H3. The normalized spacial score (nSPS) is 15.8. The van der Waals surface area contributed by atoms with Gasteiger partial charge in [0.2, 0.25) is 11.8 Å². The molecule has 4 nitrogen and oxygen atoms in total. The van der Waals surface area contributed by atoms with Crippen molar-refractivity contribution in [2.75, 3.05) is 13.7 Å². The number of carbonyl (C=O) groups is 2. The molecule has 0 N–H and O–H groups in total. The van der Waals surface area contributed by atoms with Gasteiger partial charge in [-0.1, -0.05) is 6.07 Å². The third-order valence-corrected chi connectivity index (χ3v) is 3.22. The van der Waals surface area contributed by atoms with Crippen LogP contribution in [0.5, 0.6) is 5.75 Å². The average molecular weight is 265 g/mol. The molecule has 0 radical (unpaired) electrons. The van der Waals surface area contributed by atoms with Gasteiger partial charge in [-0.15, -0.1) is 0 Å². The molecule has 0 unspecified atom stereocenters. The van der Waals surface area contributed by atoms with E-state index in [4.69, 9.17) is 4.74 Å². The van der Waals surface area contributed by atoms with Gasteiger partial charge < -0.3 is 4.74 Å². The first-order chi connectivity index (χ1) is 9.11. The molecule has 1 fully saturated rings. The van der Waals surface area contributed by atoms with Crippen molar-refractivity contribution in [2.45, 2.75) is 25.7 Å². The minimum atomic E-state index is -0.434. The fourth-order valence-corrected chi connectivity index (χ4v) is 2.16. The highest BCUT2D eigenvalue weighted by Gasteiger charge is 2.25. The number of carbonyl (C=O) groups excluding carboxylic acids is 2. The van der Waals surface area contributed by atoms with Crippen molar-refractivity contribution in [2.24, 2.45) is 0 Å². The number of benzene rings is 1. The van der Waals surface area contributed by atoms with E-state index in [-0.39, 0.29) is 17.6 Å². The molecule has 1 aliphatic rings. The number of hydrogen-bond acceptors (Lipinski definition) is 3. The van der Waals surface area contributed by atoms with Gasteiger partial charge in [-0.3, -0.25) is 14.5 Å². The number of ether oxygens (including phenoxy) is 1. The zero-order valence-electron chi connectivity index (χ0n) is 10.8. The van der Waals surface area contributed by atoms with Crippen molar-refractivity contribution >= 4 is 11.8 Å². The van der Waals surface area contributed by atoms with Crippen LogP contribution in [0.2, 0.25) is 0 Å². The second-order valence-corrected chi connectivity index (χ2v) is 4.51. The van der Waals surface area contributed by atoms with Gasteiger partial charge in [-0.25, -0.2) is 4.39 Å². The molecule has 19 heavy (non-hydrogen) atoms. The Balaban J connectivity index is 2.00. The number of rotatable bonds is 4. The van der Waals surface area contributed by atoms with E-state index in [1.807, 2.05) is 0 Å². The van der Waals surface area contributed by atoms with Crippen molar-refractivity contribution in [3.63, 3.8) is 0 Å². The van der Waals surface area contributed by atoms with E-state index in [0.29, 0.717) is 32.2 Å². The maximum Gasteiger partial charge on any atom is 0.229 e. The van der Waals surface area contributed by atoms with Gasteiger partial charge in [0.15, 0.2) is 11.6 Å². The van der Waals surface area contributed by atoms with Crippen molar-refractivity contribution < 1.29 is 18.7 Å². The maximum atomic E-state index is 13.5. The summed E-state index contributed by atoms with van der Waals surface area (Å²) in [5, 5.41) is 0. The summed E-state index contributed by atoms with van der Waals surface area (Å²) in [6, 6.07) is 4.66. The van der Waals surface area contributed by atoms with Crippen molar-refractivity contribution in [1.29, 1.82) is 0 Å². The van der Waals surface area contributed by atoms with Gasteiger partial charge in [-0.2, -0.15) is 0 Å². The Morgan fingerprint density at radius 1 is 1.26 bits per heavy atom. The van der Waals surface area contributed by atoms with Crippen molar-refractivity contribution in [1.82, 2.24) is 4.90 Å². The molecule has 0 spiro atoms. The van der Waals surface area contributed by atoms with E-state index in [0.717, 1.165) is 5.56 Å². The van der Waals surface area contributed by atoms with Gasteiger partial charge in [0, 0.05) is 19.4 Å². The van der Waals surface area contributed by atoms with E-state index < -0.39 is 5.82 Å². The fourth-order valence-electron chi connectivity index (χ4n) is 2.16. The predicted molar refractivity (Wildman–Crippen MR) is 67.2 cm³/mol. The molecular weight excluding hydrogens is 249 g/mol. The van der Waals surface area contributed by atoms with Crippen molar-refractivity contribution in [3.05, 3.63) is 29.6 Å². The molecule has 1 aromatic carbocycles.